The molecule has 2 heterocycles. The van der Waals surface area contributed by atoms with E-state index >= 15 is 0 Å². The lowest BCUT2D eigenvalue weighted by atomic mass is 9.89. The summed E-state index contributed by atoms with van der Waals surface area (Å²) in [5.74, 6) is -1.70. The van der Waals surface area contributed by atoms with E-state index in [2.05, 4.69) is 0 Å². The average molecular weight is 340 g/mol. The molecule has 2 unspecified atom stereocenters. The summed E-state index contributed by atoms with van der Waals surface area (Å²) in [4.78, 5) is 36.4. The van der Waals surface area contributed by atoms with Crippen LogP contribution in [0.15, 0.2) is 11.8 Å². The zero-order valence-electron chi connectivity index (χ0n) is 12.6. The first-order chi connectivity index (χ1) is 11.0. The molecule has 7 nitrogen and oxygen atoms in total. The molecule has 0 aromatic heterocycles. The predicted molar refractivity (Wildman–Crippen MR) is 83.2 cm³/mol. The molecule has 3 N–H and O–H groups in total. The number of carboxylic acids is 1. The Hall–Kier alpha value is -1.54. The first-order valence-corrected chi connectivity index (χ1v) is 8.78. The SMILES string of the molecule is NC1C(=O)N2C=C(C(=O)O)C(COC(=O)C3CCCCC3)S[C@H]12. The third-order valence-electron chi connectivity index (χ3n) is 4.61. The number of hydrogen-bond donors (Lipinski definition) is 2. The van der Waals surface area contributed by atoms with Crippen molar-refractivity contribution in [3.63, 3.8) is 0 Å². The summed E-state index contributed by atoms with van der Waals surface area (Å²) >= 11 is 1.27. The van der Waals surface area contributed by atoms with Crippen LogP contribution < -0.4 is 5.73 Å². The highest BCUT2D eigenvalue weighted by Gasteiger charge is 2.50. The van der Waals surface area contributed by atoms with Crippen LogP contribution in [-0.2, 0) is 19.1 Å². The molecule has 3 aliphatic rings. The fourth-order valence-corrected chi connectivity index (χ4v) is 4.58. The Morgan fingerprint density at radius 2 is 2.04 bits per heavy atom. The number of β-lactam (4-membered cyclic amide) rings is 1. The molecular formula is C15H20N2O5S. The first kappa shape index (κ1) is 16.3. The van der Waals surface area contributed by atoms with Gasteiger partial charge >= 0.3 is 11.9 Å². The quantitative estimate of drug-likeness (QED) is 0.572. The Balaban J connectivity index is 1.63. The molecule has 126 valence electrons. The number of rotatable bonds is 4. The van der Waals surface area contributed by atoms with Crippen molar-refractivity contribution in [2.75, 3.05) is 6.61 Å². The van der Waals surface area contributed by atoms with Gasteiger partial charge in [0.25, 0.3) is 0 Å². The largest absolute Gasteiger partial charge is 0.478 e. The van der Waals surface area contributed by atoms with Crippen LogP contribution in [0.2, 0.25) is 0 Å². The van der Waals surface area contributed by atoms with E-state index in [4.69, 9.17) is 10.5 Å². The van der Waals surface area contributed by atoms with Crippen LogP contribution in [-0.4, -0.2) is 51.1 Å². The van der Waals surface area contributed by atoms with Gasteiger partial charge in [0.15, 0.2) is 0 Å². The van der Waals surface area contributed by atoms with E-state index < -0.39 is 17.3 Å². The Bertz CT molecular complexity index is 558. The van der Waals surface area contributed by atoms with Crippen molar-refractivity contribution in [3.8, 4) is 0 Å². The van der Waals surface area contributed by atoms with Crippen molar-refractivity contribution >= 4 is 29.6 Å². The van der Waals surface area contributed by atoms with Crippen LogP contribution in [0.3, 0.4) is 0 Å². The van der Waals surface area contributed by atoms with Gasteiger partial charge in [0, 0.05) is 6.20 Å². The number of carboxylic acid groups (broad SMARTS) is 1. The minimum absolute atomic E-state index is 0.00336. The zero-order chi connectivity index (χ0) is 16.6. The van der Waals surface area contributed by atoms with Gasteiger partial charge in [-0.2, -0.15) is 0 Å². The van der Waals surface area contributed by atoms with Crippen LogP contribution in [0.4, 0.5) is 0 Å². The molecule has 0 bridgehead atoms. The number of fused-ring (bicyclic) bond motifs is 1. The monoisotopic (exact) mass is 340 g/mol. The molecule has 8 heteroatoms. The van der Waals surface area contributed by atoms with Crippen molar-refractivity contribution in [1.82, 2.24) is 4.90 Å². The molecule has 0 radical (unpaired) electrons. The smallest absolute Gasteiger partial charge is 0.334 e. The summed E-state index contributed by atoms with van der Waals surface area (Å²) in [6, 6.07) is -0.622. The molecule has 2 fully saturated rings. The Labute approximate surface area is 138 Å². The van der Waals surface area contributed by atoms with Crippen molar-refractivity contribution in [1.29, 1.82) is 0 Å². The van der Waals surface area contributed by atoms with Crippen molar-refractivity contribution in [2.45, 2.75) is 48.8 Å². The fourth-order valence-electron chi connectivity index (χ4n) is 3.21. The van der Waals surface area contributed by atoms with Gasteiger partial charge in [0.1, 0.15) is 18.0 Å². The van der Waals surface area contributed by atoms with Gasteiger partial charge in [-0.15, -0.1) is 11.8 Å². The standard InChI is InChI=1S/C15H20N2O5S/c16-11-12(18)17-6-9(14(19)20)10(23-13(11)17)7-22-15(21)8-4-2-1-3-5-8/h6,8,10-11,13H,1-5,7,16H2,(H,19,20)/t10?,11?,13-/m1/s1. The number of amides is 1. The van der Waals surface area contributed by atoms with Gasteiger partial charge in [-0.3, -0.25) is 9.59 Å². The van der Waals surface area contributed by atoms with E-state index in [1.165, 1.54) is 22.9 Å². The number of carbonyl (C=O) groups is 3. The highest BCUT2D eigenvalue weighted by molar-refractivity contribution is 8.01. The van der Waals surface area contributed by atoms with E-state index in [1.54, 1.807) is 0 Å². The zero-order valence-corrected chi connectivity index (χ0v) is 13.5. The number of nitrogens with zero attached hydrogens (tertiary/aromatic N) is 1. The molecule has 2 aliphatic heterocycles. The van der Waals surface area contributed by atoms with Gasteiger partial charge in [0.05, 0.1) is 16.7 Å². The van der Waals surface area contributed by atoms with Crippen LogP contribution in [0.1, 0.15) is 32.1 Å². The van der Waals surface area contributed by atoms with E-state index in [9.17, 15) is 19.5 Å². The molecule has 1 saturated heterocycles. The minimum atomic E-state index is -1.11. The molecule has 3 rings (SSSR count). The van der Waals surface area contributed by atoms with Crippen molar-refractivity contribution < 1.29 is 24.2 Å². The fraction of sp³-hybridized carbons (Fsp3) is 0.667. The number of carbonyl (C=O) groups excluding carboxylic acids is 2. The Kier molecular flexibility index (Phi) is 4.63. The van der Waals surface area contributed by atoms with Crippen LogP contribution in [0, 0.1) is 5.92 Å². The van der Waals surface area contributed by atoms with Gasteiger partial charge in [-0.25, -0.2) is 4.79 Å². The maximum absolute atomic E-state index is 12.1. The summed E-state index contributed by atoms with van der Waals surface area (Å²) < 4.78 is 5.36. The van der Waals surface area contributed by atoms with Crippen LogP contribution >= 0.6 is 11.8 Å². The summed E-state index contributed by atoms with van der Waals surface area (Å²) in [5.41, 5.74) is 5.81. The van der Waals surface area contributed by atoms with Crippen molar-refractivity contribution in [2.24, 2.45) is 11.7 Å². The van der Waals surface area contributed by atoms with Crippen LogP contribution in [0.5, 0.6) is 0 Å². The number of nitrogens with two attached hydrogens (primary N) is 1. The lowest BCUT2D eigenvalue weighted by Crippen LogP contribution is -2.67. The second-order valence-electron chi connectivity index (χ2n) is 6.14. The highest BCUT2D eigenvalue weighted by atomic mass is 32.2. The molecule has 3 atom stereocenters. The topological polar surface area (TPSA) is 110 Å². The second-order valence-corrected chi connectivity index (χ2v) is 7.47. The highest BCUT2D eigenvalue weighted by Crippen LogP contribution is 2.40. The molecule has 1 saturated carbocycles. The number of ether oxygens (including phenoxy) is 1. The molecule has 23 heavy (non-hydrogen) atoms. The van der Waals surface area contributed by atoms with E-state index in [1.807, 2.05) is 0 Å². The average Bonchev–Trinajstić information content (AvgIpc) is 2.58. The van der Waals surface area contributed by atoms with Crippen LogP contribution in [0.25, 0.3) is 0 Å². The van der Waals surface area contributed by atoms with Gasteiger partial charge < -0.3 is 20.5 Å². The molecule has 1 amide bonds. The maximum atomic E-state index is 12.1. The predicted octanol–water partition coefficient (Wildman–Crippen LogP) is 0.689. The third kappa shape index (κ3) is 3.10. The third-order valence-corrected chi connectivity index (χ3v) is 6.13. The summed E-state index contributed by atoms with van der Waals surface area (Å²) in [6.07, 6.45) is 6.23. The molecule has 0 spiro atoms. The van der Waals surface area contributed by atoms with Gasteiger partial charge in [0.2, 0.25) is 5.91 Å². The van der Waals surface area contributed by atoms with Gasteiger partial charge in [-0.1, -0.05) is 19.3 Å². The summed E-state index contributed by atoms with van der Waals surface area (Å²) in [5, 5.41) is 8.54. The van der Waals surface area contributed by atoms with E-state index in [0.717, 1.165) is 32.1 Å². The number of esters is 1. The summed E-state index contributed by atoms with van der Waals surface area (Å²) in [7, 11) is 0. The molecule has 1 aliphatic carbocycles. The maximum Gasteiger partial charge on any atom is 0.334 e. The molecule has 0 aromatic rings. The first-order valence-electron chi connectivity index (χ1n) is 7.84. The number of aliphatic carboxylic acids is 1. The summed E-state index contributed by atoms with van der Waals surface area (Å²) in [6.45, 7) is 0.00336. The lowest BCUT2D eigenvalue weighted by molar-refractivity contribution is -0.150. The lowest BCUT2D eigenvalue weighted by Gasteiger charge is -2.47. The number of thioether (sulfide) groups is 1. The Morgan fingerprint density at radius 1 is 1.35 bits per heavy atom. The number of hydrogen-bond acceptors (Lipinski definition) is 6. The molecular weight excluding hydrogens is 320 g/mol. The molecule has 0 aromatic carbocycles. The van der Waals surface area contributed by atoms with Gasteiger partial charge in [-0.05, 0) is 12.8 Å². The van der Waals surface area contributed by atoms with E-state index in [0.29, 0.717) is 0 Å². The minimum Gasteiger partial charge on any atom is -0.478 e. The normalized spacial score (nSPS) is 31.0. The second kappa shape index (κ2) is 6.52. The van der Waals surface area contributed by atoms with Crippen molar-refractivity contribution in [3.05, 3.63) is 11.8 Å². The Morgan fingerprint density at radius 3 is 2.70 bits per heavy atom. The van der Waals surface area contributed by atoms with E-state index in [-0.39, 0.29) is 35.3 Å².